The molecule has 10 heteroatoms. The molecule has 1 amide bonds. The summed E-state index contributed by atoms with van der Waals surface area (Å²) in [6, 6.07) is 1.47. The molecule has 1 aromatic carbocycles. The van der Waals surface area contributed by atoms with Crippen molar-refractivity contribution in [2.45, 2.75) is 58.7 Å². The van der Waals surface area contributed by atoms with Gasteiger partial charge in [0.25, 0.3) is 5.91 Å². The lowest BCUT2D eigenvalue weighted by Gasteiger charge is -2.41. The van der Waals surface area contributed by atoms with Gasteiger partial charge in [0, 0.05) is 30.1 Å². The molecule has 2 aliphatic heterocycles. The predicted molar refractivity (Wildman–Crippen MR) is 122 cm³/mol. The SMILES string of the molecule is CCC1Cc2c(nn(C)c2-c2cc(F)c(F)c(F)c2)C(CC)N1C(=O)c1cnn2c1OCC(C)C2. The standard InChI is InChI=1S/C25H28F3N5O2/c1-5-15-9-16-22(30-31(4)23(16)14-7-18(26)21(28)19(27)8-14)20(6-2)33(15)24(34)17-10-29-32-11-13(3)12-35-25(17)32/h7-8,10,13,15,20H,5-6,9,11-12H2,1-4H3. The van der Waals surface area contributed by atoms with Gasteiger partial charge in [-0.05, 0) is 31.4 Å². The zero-order chi connectivity index (χ0) is 25.0. The average Bonchev–Trinajstić information content (AvgIpc) is 3.40. The number of amides is 1. The molecule has 4 heterocycles. The minimum absolute atomic E-state index is 0.170. The van der Waals surface area contributed by atoms with Gasteiger partial charge < -0.3 is 9.64 Å². The molecule has 3 unspecified atom stereocenters. The summed E-state index contributed by atoms with van der Waals surface area (Å²) in [5.74, 6) is -3.37. The zero-order valence-corrected chi connectivity index (χ0v) is 20.2. The lowest BCUT2D eigenvalue weighted by molar-refractivity contribution is 0.0504. The van der Waals surface area contributed by atoms with E-state index in [0.29, 0.717) is 61.2 Å². The van der Waals surface area contributed by atoms with E-state index >= 15 is 0 Å². The normalized spacial score (nSPS) is 21.5. The van der Waals surface area contributed by atoms with Gasteiger partial charge >= 0.3 is 0 Å². The Morgan fingerprint density at radius 3 is 2.54 bits per heavy atom. The second-order valence-electron chi connectivity index (χ2n) is 9.45. The van der Waals surface area contributed by atoms with E-state index < -0.39 is 17.5 Å². The van der Waals surface area contributed by atoms with Crippen LogP contribution in [0.5, 0.6) is 5.88 Å². The second kappa shape index (κ2) is 8.73. The number of aromatic nitrogens is 4. The van der Waals surface area contributed by atoms with Gasteiger partial charge in [-0.1, -0.05) is 20.8 Å². The molecule has 0 saturated carbocycles. The maximum atomic E-state index is 14.1. The van der Waals surface area contributed by atoms with Crippen molar-refractivity contribution in [1.29, 1.82) is 0 Å². The van der Waals surface area contributed by atoms with Gasteiger partial charge in [-0.15, -0.1) is 0 Å². The second-order valence-corrected chi connectivity index (χ2v) is 9.45. The highest BCUT2D eigenvalue weighted by Crippen LogP contribution is 2.42. The summed E-state index contributed by atoms with van der Waals surface area (Å²) in [5.41, 5.74) is 2.68. The van der Waals surface area contributed by atoms with Crippen molar-refractivity contribution in [2.75, 3.05) is 6.61 Å². The predicted octanol–water partition coefficient (Wildman–Crippen LogP) is 4.66. The van der Waals surface area contributed by atoms with Gasteiger partial charge in [-0.2, -0.15) is 10.2 Å². The number of carbonyl (C=O) groups is 1. The first-order valence-corrected chi connectivity index (χ1v) is 12.0. The summed E-state index contributed by atoms with van der Waals surface area (Å²) < 4.78 is 50.9. The summed E-state index contributed by atoms with van der Waals surface area (Å²) in [6.07, 6.45) is 3.29. The lowest BCUT2D eigenvalue weighted by Crippen LogP contribution is -2.47. The van der Waals surface area contributed by atoms with E-state index in [1.165, 1.54) is 0 Å². The number of nitrogens with zero attached hydrogens (tertiary/aromatic N) is 5. The smallest absolute Gasteiger partial charge is 0.261 e. The number of aryl methyl sites for hydroxylation is 1. The summed E-state index contributed by atoms with van der Waals surface area (Å²) >= 11 is 0. The van der Waals surface area contributed by atoms with Crippen molar-refractivity contribution < 1.29 is 22.7 Å². The molecule has 186 valence electrons. The zero-order valence-electron chi connectivity index (χ0n) is 20.2. The molecule has 35 heavy (non-hydrogen) atoms. The molecule has 0 radical (unpaired) electrons. The van der Waals surface area contributed by atoms with E-state index in [9.17, 15) is 18.0 Å². The number of ether oxygens (including phenoxy) is 1. The first kappa shape index (κ1) is 23.4. The molecule has 0 fully saturated rings. The number of halogens is 3. The Morgan fingerprint density at radius 2 is 1.89 bits per heavy atom. The molecule has 0 spiro atoms. The maximum absolute atomic E-state index is 14.1. The van der Waals surface area contributed by atoms with E-state index in [1.807, 2.05) is 18.7 Å². The molecular weight excluding hydrogens is 459 g/mol. The van der Waals surface area contributed by atoms with Gasteiger partial charge in [0.15, 0.2) is 17.5 Å². The van der Waals surface area contributed by atoms with Crippen LogP contribution in [-0.2, 0) is 20.0 Å². The summed E-state index contributed by atoms with van der Waals surface area (Å²) in [6.45, 7) is 7.26. The van der Waals surface area contributed by atoms with Gasteiger partial charge in [0.1, 0.15) is 5.56 Å². The molecule has 0 saturated heterocycles. The highest BCUT2D eigenvalue weighted by Gasteiger charge is 2.41. The molecule has 3 aromatic rings. The fourth-order valence-corrected chi connectivity index (χ4v) is 5.38. The minimum atomic E-state index is -1.50. The quantitative estimate of drug-likeness (QED) is 0.503. The van der Waals surface area contributed by atoms with Crippen LogP contribution < -0.4 is 4.74 Å². The number of hydrogen-bond donors (Lipinski definition) is 0. The number of rotatable bonds is 4. The van der Waals surface area contributed by atoms with Crippen molar-refractivity contribution >= 4 is 5.91 Å². The number of hydrogen-bond acceptors (Lipinski definition) is 4. The number of fused-ring (bicyclic) bond motifs is 2. The van der Waals surface area contributed by atoms with E-state index in [-0.39, 0.29) is 23.6 Å². The van der Waals surface area contributed by atoms with Crippen LogP contribution >= 0.6 is 0 Å². The lowest BCUT2D eigenvalue weighted by atomic mass is 9.87. The van der Waals surface area contributed by atoms with Crippen molar-refractivity contribution in [2.24, 2.45) is 13.0 Å². The summed E-state index contributed by atoms with van der Waals surface area (Å²) in [7, 11) is 1.69. The van der Waals surface area contributed by atoms with Gasteiger partial charge in [-0.25, -0.2) is 17.9 Å². The van der Waals surface area contributed by atoms with Crippen molar-refractivity contribution in [3.63, 3.8) is 0 Å². The Balaban J connectivity index is 1.58. The van der Waals surface area contributed by atoms with Crippen LogP contribution in [-0.4, -0.2) is 43.0 Å². The van der Waals surface area contributed by atoms with Gasteiger partial charge in [0.2, 0.25) is 5.88 Å². The largest absolute Gasteiger partial charge is 0.477 e. The van der Waals surface area contributed by atoms with Crippen LogP contribution in [0, 0.1) is 23.4 Å². The van der Waals surface area contributed by atoms with E-state index in [1.54, 1.807) is 22.6 Å². The average molecular weight is 488 g/mol. The van der Waals surface area contributed by atoms with Crippen molar-refractivity contribution in [3.8, 4) is 17.1 Å². The third-order valence-electron chi connectivity index (χ3n) is 7.02. The van der Waals surface area contributed by atoms with Gasteiger partial charge in [0.05, 0.1) is 36.8 Å². The molecule has 2 aliphatic rings. The third-order valence-corrected chi connectivity index (χ3v) is 7.02. The highest BCUT2D eigenvalue weighted by atomic mass is 19.2. The van der Waals surface area contributed by atoms with Crippen LogP contribution in [0.15, 0.2) is 18.3 Å². The highest BCUT2D eigenvalue weighted by molar-refractivity contribution is 5.97. The maximum Gasteiger partial charge on any atom is 0.261 e. The molecule has 0 bridgehead atoms. The molecule has 0 N–H and O–H groups in total. The first-order chi connectivity index (χ1) is 16.7. The van der Waals surface area contributed by atoms with Crippen LogP contribution in [0.4, 0.5) is 13.2 Å². The fraction of sp³-hybridized carbons (Fsp3) is 0.480. The molecular formula is C25H28F3N5O2. The Hall–Kier alpha value is -3.30. The summed E-state index contributed by atoms with van der Waals surface area (Å²) in [5, 5.41) is 9.05. The van der Waals surface area contributed by atoms with E-state index in [2.05, 4.69) is 17.1 Å². The number of carbonyl (C=O) groups excluding carboxylic acids is 1. The molecule has 2 aromatic heterocycles. The minimum Gasteiger partial charge on any atom is -0.477 e. The fourth-order valence-electron chi connectivity index (χ4n) is 5.38. The third kappa shape index (κ3) is 3.70. The molecule has 5 rings (SSSR count). The topological polar surface area (TPSA) is 65.2 Å². The molecule has 3 atom stereocenters. The Bertz CT molecular complexity index is 1280. The van der Waals surface area contributed by atoms with Gasteiger partial charge in [-0.3, -0.25) is 9.48 Å². The Kier molecular flexibility index (Phi) is 5.85. The molecule has 0 aliphatic carbocycles. The summed E-state index contributed by atoms with van der Waals surface area (Å²) in [4.78, 5) is 15.7. The van der Waals surface area contributed by atoms with E-state index in [0.717, 1.165) is 17.7 Å². The van der Waals surface area contributed by atoms with Crippen molar-refractivity contribution in [1.82, 2.24) is 24.5 Å². The Labute approximate surface area is 201 Å². The Morgan fingerprint density at radius 1 is 1.17 bits per heavy atom. The van der Waals surface area contributed by atoms with Crippen LogP contribution in [0.1, 0.15) is 61.3 Å². The van der Waals surface area contributed by atoms with E-state index in [4.69, 9.17) is 4.74 Å². The monoisotopic (exact) mass is 487 g/mol. The first-order valence-electron chi connectivity index (χ1n) is 12.0. The van der Waals surface area contributed by atoms with Crippen molar-refractivity contribution in [3.05, 3.63) is 52.6 Å². The van der Waals surface area contributed by atoms with Crippen LogP contribution in [0.25, 0.3) is 11.3 Å². The van der Waals surface area contributed by atoms with Crippen LogP contribution in [0.3, 0.4) is 0 Å². The van der Waals surface area contributed by atoms with Crippen LogP contribution in [0.2, 0.25) is 0 Å². The number of benzene rings is 1. The molecule has 7 nitrogen and oxygen atoms in total.